The summed E-state index contributed by atoms with van der Waals surface area (Å²) in [6.07, 6.45) is 4.91. The minimum atomic E-state index is 0.290. The third kappa shape index (κ3) is 3.06. The van der Waals surface area contributed by atoms with E-state index in [-0.39, 0.29) is 5.91 Å². The number of likely N-dealkylation sites (tertiary alicyclic amines) is 1. The molecule has 4 heteroatoms. The van der Waals surface area contributed by atoms with Crippen LogP contribution in [0.5, 0.6) is 0 Å². The molecule has 17 heavy (non-hydrogen) atoms. The zero-order chi connectivity index (χ0) is 12.3. The Labute approximate surface area is 107 Å². The monoisotopic (exact) mass is 252 g/mol. The highest BCUT2D eigenvalue weighted by molar-refractivity contribution is 7.07. The van der Waals surface area contributed by atoms with Gasteiger partial charge in [0.05, 0.1) is 11.2 Å². The second-order valence-electron chi connectivity index (χ2n) is 4.91. The number of nitrogens with zero attached hydrogens (tertiary/aromatic N) is 2. The molecule has 2 atom stereocenters. The molecule has 2 unspecified atom stereocenters. The molecule has 1 fully saturated rings. The van der Waals surface area contributed by atoms with Crippen LogP contribution in [0.1, 0.15) is 45.2 Å². The lowest BCUT2D eigenvalue weighted by Crippen LogP contribution is -2.47. The van der Waals surface area contributed by atoms with Gasteiger partial charge in [-0.3, -0.25) is 4.79 Å². The van der Waals surface area contributed by atoms with Crippen LogP contribution in [-0.2, 0) is 11.2 Å². The summed E-state index contributed by atoms with van der Waals surface area (Å²) in [5.41, 5.74) is 2.87. The van der Waals surface area contributed by atoms with Gasteiger partial charge in [-0.2, -0.15) is 0 Å². The normalized spacial score (nSPS) is 24.9. The lowest BCUT2D eigenvalue weighted by molar-refractivity contribution is -0.137. The number of aromatic nitrogens is 1. The van der Waals surface area contributed by atoms with Gasteiger partial charge in [-0.15, -0.1) is 11.3 Å². The molecule has 1 saturated heterocycles. The topological polar surface area (TPSA) is 33.2 Å². The first kappa shape index (κ1) is 12.6. The van der Waals surface area contributed by atoms with Gasteiger partial charge in [0.15, 0.2) is 0 Å². The lowest BCUT2D eigenvalue weighted by atomic mass is 9.97. The fourth-order valence-corrected chi connectivity index (χ4v) is 3.23. The van der Waals surface area contributed by atoms with E-state index in [2.05, 4.69) is 23.7 Å². The van der Waals surface area contributed by atoms with Crippen molar-refractivity contribution in [2.45, 2.75) is 58.0 Å². The van der Waals surface area contributed by atoms with E-state index in [0.717, 1.165) is 25.0 Å². The molecular weight excluding hydrogens is 232 g/mol. The van der Waals surface area contributed by atoms with Gasteiger partial charge in [0.2, 0.25) is 5.91 Å². The van der Waals surface area contributed by atoms with Gasteiger partial charge in [-0.1, -0.05) is 0 Å². The summed E-state index contributed by atoms with van der Waals surface area (Å²) in [5, 5.41) is 2.02. The molecule has 0 saturated carbocycles. The summed E-state index contributed by atoms with van der Waals surface area (Å²) in [6, 6.07) is 0.809. The molecule has 0 aliphatic carbocycles. The van der Waals surface area contributed by atoms with Gasteiger partial charge in [0.1, 0.15) is 0 Å². The first-order chi connectivity index (χ1) is 8.18. The summed E-state index contributed by atoms with van der Waals surface area (Å²) < 4.78 is 0. The number of rotatable bonds is 3. The van der Waals surface area contributed by atoms with Gasteiger partial charge >= 0.3 is 0 Å². The van der Waals surface area contributed by atoms with Crippen molar-refractivity contribution in [3.05, 3.63) is 16.6 Å². The zero-order valence-corrected chi connectivity index (χ0v) is 11.4. The van der Waals surface area contributed by atoms with Crippen LogP contribution in [0.3, 0.4) is 0 Å². The molecular formula is C13H20N2OS. The maximum Gasteiger partial charge on any atom is 0.223 e. The molecule has 1 aromatic heterocycles. The molecule has 2 rings (SSSR count). The summed E-state index contributed by atoms with van der Waals surface area (Å²) in [4.78, 5) is 18.5. The zero-order valence-electron chi connectivity index (χ0n) is 10.6. The van der Waals surface area contributed by atoms with Crippen molar-refractivity contribution < 1.29 is 4.79 Å². The van der Waals surface area contributed by atoms with Crippen molar-refractivity contribution in [1.29, 1.82) is 0 Å². The Hall–Kier alpha value is -0.900. The average molecular weight is 252 g/mol. The Morgan fingerprint density at radius 2 is 2.18 bits per heavy atom. The fourth-order valence-electron chi connectivity index (χ4n) is 2.64. The highest BCUT2D eigenvalue weighted by atomic mass is 32.1. The number of carbonyl (C=O) groups excluding carboxylic acids is 1. The molecule has 0 bridgehead atoms. The van der Waals surface area contributed by atoms with Gasteiger partial charge < -0.3 is 4.90 Å². The SMILES string of the molecule is CC1CCCC(C)N1C(=O)CCc1cscn1. The molecule has 0 radical (unpaired) electrons. The minimum Gasteiger partial charge on any atom is -0.337 e. The molecule has 2 heterocycles. The maximum atomic E-state index is 12.2. The van der Waals surface area contributed by atoms with Crippen molar-refractivity contribution in [2.24, 2.45) is 0 Å². The van der Waals surface area contributed by atoms with Crippen LogP contribution in [0.15, 0.2) is 10.9 Å². The van der Waals surface area contributed by atoms with E-state index in [1.54, 1.807) is 11.3 Å². The molecule has 94 valence electrons. The van der Waals surface area contributed by atoms with Gasteiger partial charge in [0.25, 0.3) is 0 Å². The summed E-state index contributed by atoms with van der Waals surface area (Å²) in [7, 11) is 0. The van der Waals surface area contributed by atoms with E-state index in [4.69, 9.17) is 0 Å². The third-order valence-electron chi connectivity index (χ3n) is 3.56. The van der Waals surface area contributed by atoms with E-state index in [1.807, 2.05) is 10.9 Å². The third-order valence-corrected chi connectivity index (χ3v) is 4.20. The van der Waals surface area contributed by atoms with Gasteiger partial charge in [-0.25, -0.2) is 4.98 Å². The van der Waals surface area contributed by atoms with Crippen LogP contribution in [0.2, 0.25) is 0 Å². The van der Waals surface area contributed by atoms with E-state index in [1.165, 1.54) is 6.42 Å². The summed E-state index contributed by atoms with van der Waals surface area (Å²) >= 11 is 1.59. The molecule has 1 aliphatic heterocycles. The molecule has 0 spiro atoms. The number of aryl methyl sites for hydroxylation is 1. The first-order valence-electron chi connectivity index (χ1n) is 6.36. The molecule has 1 aliphatic rings. The van der Waals surface area contributed by atoms with E-state index in [0.29, 0.717) is 18.5 Å². The number of amides is 1. The second kappa shape index (κ2) is 5.63. The smallest absolute Gasteiger partial charge is 0.223 e. The van der Waals surface area contributed by atoms with Crippen LogP contribution in [0, 0.1) is 0 Å². The minimum absolute atomic E-state index is 0.290. The molecule has 1 aromatic rings. The van der Waals surface area contributed by atoms with E-state index in [9.17, 15) is 4.79 Å². The van der Waals surface area contributed by atoms with Crippen molar-refractivity contribution in [2.75, 3.05) is 0 Å². The van der Waals surface area contributed by atoms with Crippen molar-refractivity contribution >= 4 is 17.2 Å². The van der Waals surface area contributed by atoms with Crippen molar-refractivity contribution in [3.63, 3.8) is 0 Å². The van der Waals surface area contributed by atoms with Crippen molar-refractivity contribution in [1.82, 2.24) is 9.88 Å². The molecule has 0 aromatic carbocycles. The Balaban J connectivity index is 1.90. The summed E-state index contributed by atoms with van der Waals surface area (Å²) in [5.74, 6) is 0.290. The highest BCUT2D eigenvalue weighted by Gasteiger charge is 2.28. The number of carbonyl (C=O) groups is 1. The quantitative estimate of drug-likeness (QED) is 0.828. The second-order valence-corrected chi connectivity index (χ2v) is 5.63. The number of piperidine rings is 1. The molecule has 1 amide bonds. The van der Waals surface area contributed by atoms with Crippen LogP contribution in [0.25, 0.3) is 0 Å². The van der Waals surface area contributed by atoms with E-state index < -0.39 is 0 Å². The first-order valence-corrected chi connectivity index (χ1v) is 7.31. The van der Waals surface area contributed by atoms with Gasteiger partial charge in [0, 0.05) is 23.9 Å². The van der Waals surface area contributed by atoms with Crippen LogP contribution >= 0.6 is 11.3 Å². The predicted octanol–water partition coefficient (Wildman–Crippen LogP) is 2.87. The number of hydrogen-bond donors (Lipinski definition) is 0. The highest BCUT2D eigenvalue weighted by Crippen LogP contribution is 2.23. The average Bonchev–Trinajstić information content (AvgIpc) is 2.79. The van der Waals surface area contributed by atoms with Gasteiger partial charge in [-0.05, 0) is 39.5 Å². The molecule has 0 N–H and O–H groups in total. The Bertz CT molecular complexity index is 354. The van der Waals surface area contributed by atoms with Crippen LogP contribution in [-0.4, -0.2) is 27.9 Å². The maximum absolute atomic E-state index is 12.2. The lowest BCUT2D eigenvalue weighted by Gasteiger charge is -2.39. The molecule has 3 nitrogen and oxygen atoms in total. The number of hydrogen-bond acceptors (Lipinski definition) is 3. The van der Waals surface area contributed by atoms with Crippen LogP contribution < -0.4 is 0 Å². The summed E-state index contributed by atoms with van der Waals surface area (Å²) in [6.45, 7) is 4.33. The van der Waals surface area contributed by atoms with Crippen LogP contribution in [0.4, 0.5) is 0 Å². The standard InChI is InChI=1S/C13H20N2OS/c1-10-4-3-5-11(2)15(10)13(16)7-6-12-8-17-9-14-12/h8-11H,3-7H2,1-2H3. The predicted molar refractivity (Wildman–Crippen MR) is 70.1 cm³/mol. The fraction of sp³-hybridized carbons (Fsp3) is 0.692. The van der Waals surface area contributed by atoms with E-state index >= 15 is 0 Å². The van der Waals surface area contributed by atoms with Crippen molar-refractivity contribution in [3.8, 4) is 0 Å². The Morgan fingerprint density at radius 3 is 2.76 bits per heavy atom. The largest absolute Gasteiger partial charge is 0.337 e. The Morgan fingerprint density at radius 1 is 1.47 bits per heavy atom. The Kier molecular flexibility index (Phi) is 4.15. The number of thiazole rings is 1.